The van der Waals surface area contributed by atoms with Crippen molar-refractivity contribution >= 4 is 6.08 Å². The van der Waals surface area contributed by atoms with Crippen molar-refractivity contribution in [1.82, 2.24) is 0 Å². The zero-order valence-electron chi connectivity index (χ0n) is 7.68. The fourth-order valence-electron chi connectivity index (χ4n) is 1.70. The highest BCUT2D eigenvalue weighted by Crippen LogP contribution is 2.26. The normalized spacial score (nSPS) is 15.8. The second-order valence-electron chi connectivity index (χ2n) is 3.41. The first-order valence-electron chi connectivity index (χ1n) is 4.54. The first kappa shape index (κ1) is 7.66. The Labute approximate surface area is 73.1 Å². The van der Waals surface area contributed by atoms with Gasteiger partial charge in [-0.05, 0) is 32.3 Å². The summed E-state index contributed by atoms with van der Waals surface area (Å²) in [5.74, 6) is 2.25. The van der Waals surface area contributed by atoms with E-state index in [1.807, 2.05) is 6.92 Å². The average molecular weight is 162 g/mol. The van der Waals surface area contributed by atoms with Crippen molar-refractivity contribution < 1.29 is 4.42 Å². The van der Waals surface area contributed by atoms with Crippen molar-refractivity contribution in [3.05, 3.63) is 28.7 Å². The van der Waals surface area contributed by atoms with Gasteiger partial charge in [-0.25, -0.2) is 0 Å². The lowest BCUT2D eigenvalue weighted by Crippen LogP contribution is -1.81. The molecular weight excluding hydrogens is 148 g/mol. The Morgan fingerprint density at radius 3 is 3.00 bits per heavy atom. The summed E-state index contributed by atoms with van der Waals surface area (Å²) in [7, 11) is 0. The van der Waals surface area contributed by atoms with Crippen LogP contribution in [0.1, 0.15) is 35.5 Å². The van der Waals surface area contributed by atoms with Crippen LogP contribution in [0.5, 0.6) is 0 Å². The standard InChI is InChI=1S/C11H14O/c1-8-9(2)12-11-7-5-3-4-6-10(8)11/h4,6H,3,5,7H2,1-2H3. The van der Waals surface area contributed by atoms with Gasteiger partial charge in [-0.3, -0.25) is 0 Å². The quantitative estimate of drug-likeness (QED) is 0.570. The Kier molecular flexibility index (Phi) is 1.80. The molecule has 1 heteroatoms. The van der Waals surface area contributed by atoms with Gasteiger partial charge in [0, 0.05) is 12.0 Å². The van der Waals surface area contributed by atoms with Gasteiger partial charge in [-0.15, -0.1) is 0 Å². The molecule has 0 saturated carbocycles. The molecule has 0 unspecified atom stereocenters. The number of hydrogen-bond acceptors (Lipinski definition) is 1. The smallest absolute Gasteiger partial charge is 0.111 e. The molecule has 12 heavy (non-hydrogen) atoms. The van der Waals surface area contributed by atoms with E-state index in [0.717, 1.165) is 12.2 Å². The number of fused-ring (bicyclic) bond motifs is 1. The van der Waals surface area contributed by atoms with E-state index in [1.54, 1.807) is 0 Å². The van der Waals surface area contributed by atoms with Crippen LogP contribution in [0.3, 0.4) is 0 Å². The third-order valence-corrected chi connectivity index (χ3v) is 2.57. The third kappa shape index (κ3) is 1.09. The van der Waals surface area contributed by atoms with Crippen LogP contribution in [0.15, 0.2) is 10.5 Å². The van der Waals surface area contributed by atoms with Crippen LogP contribution in [0.4, 0.5) is 0 Å². The van der Waals surface area contributed by atoms with Crippen LogP contribution in [0, 0.1) is 13.8 Å². The van der Waals surface area contributed by atoms with E-state index < -0.39 is 0 Å². The van der Waals surface area contributed by atoms with E-state index in [-0.39, 0.29) is 0 Å². The molecule has 0 amide bonds. The predicted octanol–water partition coefficient (Wildman–Crippen LogP) is 3.25. The maximum absolute atomic E-state index is 5.67. The molecule has 0 atom stereocenters. The molecule has 0 N–H and O–H groups in total. The summed E-state index contributed by atoms with van der Waals surface area (Å²) in [6.45, 7) is 4.17. The van der Waals surface area contributed by atoms with E-state index in [2.05, 4.69) is 19.1 Å². The maximum atomic E-state index is 5.67. The number of furan rings is 1. The van der Waals surface area contributed by atoms with Crippen molar-refractivity contribution in [2.24, 2.45) is 0 Å². The molecule has 0 radical (unpaired) electrons. The summed E-state index contributed by atoms with van der Waals surface area (Å²) in [5.41, 5.74) is 2.63. The minimum Gasteiger partial charge on any atom is -0.465 e. The molecule has 0 aliphatic heterocycles. The lowest BCUT2D eigenvalue weighted by molar-refractivity contribution is 0.477. The largest absolute Gasteiger partial charge is 0.465 e. The Balaban J connectivity index is 2.54. The second kappa shape index (κ2) is 2.81. The zero-order valence-corrected chi connectivity index (χ0v) is 7.68. The molecule has 1 aromatic heterocycles. The van der Waals surface area contributed by atoms with Crippen LogP contribution in [0.25, 0.3) is 6.08 Å². The summed E-state index contributed by atoms with van der Waals surface area (Å²) in [6.07, 6.45) is 7.94. The fourth-order valence-corrected chi connectivity index (χ4v) is 1.70. The minimum absolute atomic E-state index is 1.08. The summed E-state index contributed by atoms with van der Waals surface area (Å²) in [4.78, 5) is 0. The maximum Gasteiger partial charge on any atom is 0.111 e. The van der Waals surface area contributed by atoms with Crippen molar-refractivity contribution in [3.63, 3.8) is 0 Å². The third-order valence-electron chi connectivity index (χ3n) is 2.57. The second-order valence-corrected chi connectivity index (χ2v) is 3.41. The number of rotatable bonds is 0. The van der Waals surface area contributed by atoms with E-state index >= 15 is 0 Å². The molecule has 1 heterocycles. The molecule has 2 rings (SSSR count). The van der Waals surface area contributed by atoms with E-state index in [9.17, 15) is 0 Å². The fraction of sp³-hybridized carbons (Fsp3) is 0.455. The van der Waals surface area contributed by atoms with E-state index in [4.69, 9.17) is 4.42 Å². The molecule has 0 spiro atoms. The molecule has 64 valence electrons. The highest BCUT2D eigenvalue weighted by molar-refractivity contribution is 5.57. The lowest BCUT2D eigenvalue weighted by atomic mass is 10.1. The summed E-state index contributed by atoms with van der Waals surface area (Å²) < 4.78 is 5.67. The summed E-state index contributed by atoms with van der Waals surface area (Å²) >= 11 is 0. The Morgan fingerprint density at radius 2 is 2.17 bits per heavy atom. The number of allylic oxidation sites excluding steroid dienone is 1. The van der Waals surface area contributed by atoms with Gasteiger partial charge in [0.05, 0.1) is 0 Å². The predicted molar refractivity (Wildman–Crippen MR) is 50.2 cm³/mol. The van der Waals surface area contributed by atoms with Crippen LogP contribution >= 0.6 is 0 Å². The Hall–Kier alpha value is -0.980. The molecule has 1 aliphatic carbocycles. The number of aryl methyl sites for hydroxylation is 2. The molecule has 0 aromatic carbocycles. The topological polar surface area (TPSA) is 13.1 Å². The zero-order chi connectivity index (χ0) is 8.55. The first-order valence-corrected chi connectivity index (χ1v) is 4.54. The highest BCUT2D eigenvalue weighted by Gasteiger charge is 2.12. The summed E-state index contributed by atoms with van der Waals surface area (Å²) in [6, 6.07) is 0. The van der Waals surface area contributed by atoms with Gasteiger partial charge in [0.1, 0.15) is 11.5 Å². The van der Waals surface area contributed by atoms with Crippen molar-refractivity contribution in [2.75, 3.05) is 0 Å². The van der Waals surface area contributed by atoms with Crippen molar-refractivity contribution in [2.45, 2.75) is 33.1 Å². The van der Waals surface area contributed by atoms with Gasteiger partial charge >= 0.3 is 0 Å². The van der Waals surface area contributed by atoms with E-state index in [1.165, 1.54) is 29.7 Å². The van der Waals surface area contributed by atoms with Crippen molar-refractivity contribution in [3.8, 4) is 0 Å². The SMILES string of the molecule is Cc1oc2c(c1C)C=CCCC2. The number of hydrogen-bond donors (Lipinski definition) is 0. The summed E-state index contributed by atoms with van der Waals surface area (Å²) in [5, 5.41) is 0. The van der Waals surface area contributed by atoms with E-state index in [0.29, 0.717) is 0 Å². The molecule has 1 aromatic rings. The van der Waals surface area contributed by atoms with Gasteiger partial charge in [-0.1, -0.05) is 12.2 Å². The molecule has 0 fully saturated rings. The average Bonchev–Trinajstić information content (AvgIpc) is 2.30. The Bertz CT molecular complexity index is 318. The molecule has 0 saturated heterocycles. The van der Waals surface area contributed by atoms with Gasteiger partial charge in [0.2, 0.25) is 0 Å². The van der Waals surface area contributed by atoms with Gasteiger partial charge in [0.25, 0.3) is 0 Å². The molecule has 1 nitrogen and oxygen atoms in total. The van der Waals surface area contributed by atoms with Gasteiger partial charge < -0.3 is 4.42 Å². The minimum atomic E-state index is 1.08. The van der Waals surface area contributed by atoms with Crippen LogP contribution < -0.4 is 0 Å². The molecule has 0 bridgehead atoms. The molecular formula is C11H14O. The van der Waals surface area contributed by atoms with Crippen LogP contribution in [-0.4, -0.2) is 0 Å². The van der Waals surface area contributed by atoms with Gasteiger partial charge in [0.15, 0.2) is 0 Å². The first-order chi connectivity index (χ1) is 5.79. The van der Waals surface area contributed by atoms with Crippen LogP contribution in [0.2, 0.25) is 0 Å². The monoisotopic (exact) mass is 162 g/mol. The molecule has 1 aliphatic rings. The van der Waals surface area contributed by atoms with Crippen molar-refractivity contribution in [1.29, 1.82) is 0 Å². The van der Waals surface area contributed by atoms with Crippen LogP contribution in [-0.2, 0) is 6.42 Å². The lowest BCUT2D eigenvalue weighted by Gasteiger charge is -1.92. The van der Waals surface area contributed by atoms with Gasteiger partial charge in [-0.2, -0.15) is 0 Å². The Morgan fingerprint density at radius 1 is 1.33 bits per heavy atom. The highest BCUT2D eigenvalue weighted by atomic mass is 16.3.